The smallest absolute Gasteiger partial charge is 0.269 e. The van der Waals surface area contributed by atoms with Crippen LogP contribution in [-0.4, -0.2) is 53.9 Å². The first-order valence-electron chi connectivity index (χ1n) is 9.28. The summed E-state index contributed by atoms with van der Waals surface area (Å²) in [7, 11) is 0. The van der Waals surface area contributed by atoms with Crippen molar-refractivity contribution in [3.05, 3.63) is 42.6 Å². The second-order valence-electron chi connectivity index (χ2n) is 6.64. The number of hydrogen-bond donors (Lipinski definition) is 1. The molecule has 1 N–H and O–H groups in total. The molecule has 1 atom stereocenters. The number of pyridine rings is 1. The zero-order chi connectivity index (χ0) is 18.5. The van der Waals surface area contributed by atoms with Crippen LogP contribution in [0.4, 0.5) is 5.69 Å². The minimum atomic E-state index is -0.672. The summed E-state index contributed by atoms with van der Waals surface area (Å²) < 4.78 is 11.3. The molecule has 142 valence electrons. The lowest BCUT2D eigenvalue weighted by Gasteiger charge is -2.25. The van der Waals surface area contributed by atoms with E-state index >= 15 is 0 Å². The Bertz CT molecular complexity index is 778. The SMILES string of the molecule is O=C(Nc1ccc(SCCN2CCCC2)nc1)C1COc2ccccc2O1. The van der Waals surface area contributed by atoms with Crippen LogP contribution in [0.3, 0.4) is 0 Å². The third-order valence-corrected chi connectivity index (χ3v) is 5.59. The third kappa shape index (κ3) is 4.73. The van der Waals surface area contributed by atoms with Crippen LogP contribution in [0.2, 0.25) is 0 Å². The zero-order valence-corrected chi connectivity index (χ0v) is 15.9. The number of benzene rings is 1. The van der Waals surface area contributed by atoms with Crippen molar-refractivity contribution in [2.24, 2.45) is 0 Å². The van der Waals surface area contributed by atoms with Gasteiger partial charge >= 0.3 is 0 Å². The molecule has 1 aromatic carbocycles. The predicted octanol–water partition coefficient (Wildman–Crippen LogP) is 3.05. The number of anilines is 1. The minimum Gasteiger partial charge on any atom is -0.485 e. The average molecular weight is 385 g/mol. The number of para-hydroxylation sites is 2. The number of ether oxygens (including phenoxy) is 2. The Kier molecular flexibility index (Phi) is 5.79. The molecule has 27 heavy (non-hydrogen) atoms. The zero-order valence-electron chi connectivity index (χ0n) is 15.1. The van der Waals surface area contributed by atoms with Gasteiger partial charge < -0.3 is 19.7 Å². The van der Waals surface area contributed by atoms with Crippen molar-refractivity contribution >= 4 is 23.4 Å². The van der Waals surface area contributed by atoms with E-state index in [0.717, 1.165) is 17.3 Å². The summed E-state index contributed by atoms with van der Waals surface area (Å²) in [6.07, 6.45) is 3.65. The highest BCUT2D eigenvalue weighted by molar-refractivity contribution is 7.99. The molecule has 1 fully saturated rings. The monoisotopic (exact) mass is 385 g/mol. The topological polar surface area (TPSA) is 63.7 Å². The molecule has 1 aromatic heterocycles. The maximum atomic E-state index is 12.4. The summed E-state index contributed by atoms with van der Waals surface area (Å²) in [5.41, 5.74) is 0.659. The van der Waals surface area contributed by atoms with E-state index in [4.69, 9.17) is 9.47 Å². The highest BCUT2D eigenvalue weighted by Gasteiger charge is 2.27. The minimum absolute atomic E-state index is 0.195. The van der Waals surface area contributed by atoms with Gasteiger partial charge in [-0.1, -0.05) is 12.1 Å². The molecule has 2 aromatic rings. The molecule has 1 amide bonds. The van der Waals surface area contributed by atoms with E-state index in [-0.39, 0.29) is 12.5 Å². The molecule has 4 rings (SSSR count). The Morgan fingerprint density at radius 1 is 1.19 bits per heavy atom. The Morgan fingerprint density at radius 3 is 2.78 bits per heavy atom. The lowest BCUT2D eigenvalue weighted by atomic mass is 10.2. The number of amides is 1. The molecule has 0 bridgehead atoms. The number of aromatic nitrogens is 1. The van der Waals surface area contributed by atoms with Crippen molar-refractivity contribution in [1.29, 1.82) is 0 Å². The summed E-state index contributed by atoms with van der Waals surface area (Å²) in [4.78, 5) is 19.4. The van der Waals surface area contributed by atoms with Crippen LogP contribution in [0.5, 0.6) is 11.5 Å². The van der Waals surface area contributed by atoms with Crippen LogP contribution in [0.25, 0.3) is 0 Å². The molecule has 2 aliphatic heterocycles. The molecule has 0 spiro atoms. The van der Waals surface area contributed by atoms with Gasteiger partial charge in [-0.3, -0.25) is 4.79 Å². The van der Waals surface area contributed by atoms with Crippen molar-refractivity contribution in [3.8, 4) is 11.5 Å². The molecule has 0 saturated carbocycles. The van der Waals surface area contributed by atoms with Crippen LogP contribution in [-0.2, 0) is 4.79 Å². The fourth-order valence-electron chi connectivity index (χ4n) is 3.20. The first-order chi connectivity index (χ1) is 13.3. The number of nitrogens with zero attached hydrogens (tertiary/aromatic N) is 2. The number of likely N-dealkylation sites (tertiary alicyclic amines) is 1. The molecular weight excluding hydrogens is 362 g/mol. The van der Waals surface area contributed by atoms with Crippen LogP contribution in [0, 0.1) is 0 Å². The summed E-state index contributed by atoms with van der Waals surface area (Å²) in [5.74, 6) is 2.05. The first kappa shape index (κ1) is 18.1. The Morgan fingerprint density at radius 2 is 2.00 bits per heavy atom. The van der Waals surface area contributed by atoms with Crippen LogP contribution < -0.4 is 14.8 Å². The lowest BCUT2D eigenvalue weighted by molar-refractivity contribution is -0.125. The van der Waals surface area contributed by atoms with E-state index in [1.54, 1.807) is 24.0 Å². The van der Waals surface area contributed by atoms with E-state index in [1.807, 2.05) is 30.3 Å². The van der Waals surface area contributed by atoms with Gasteiger partial charge in [-0.25, -0.2) is 4.98 Å². The van der Waals surface area contributed by atoms with Crippen molar-refractivity contribution in [3.63, 3.8) is 0 Å². The van der Waals surface area contributed by atoms with Gasteiger partial charge in [0.05, 0.1) is 16.9 Å². The van der Waals surface area contributed by atoms with Gasteiger partial charge in [-0.05, 0) is 50.2 Å². The van der Waals surface area contributed by atoms with E-state index < -0.39 is 6.10 Å². The van der Waals surface area contributed by atoms with Gasteiger partial charge in [-0.2, -0.15) is 0 Å². The van der Waals surface area contributed by atoms with Gasteiger partial charge in [0.2, 0.25) is 6.10 Å². The van der Waals surface area contributed by atoms with Crippen LogP contribution >= 0.6 is 11.8 Å². The predicted molar refractivity (Wildman–Crippen MR) is 106 cm³/mol. The van der Waals surface area contributed by atoms with Crippen molar-refractivity contribution in [2.75, 3.05) is 37.3 Å². The normalized spacial score (nSPS) is 19.0. The molecule has 6 nitrogen and oxygen atoms in total. The van der Waals surface area contributed by atoms with Crippen LogP contribution in [0.1, 0.15) is 12.8 Å². The van der Waals surface area contributed by atoms with Gasteiger partial charge in [0.1, 0.15) is 6.61 Å². The molecule has 7 heteroatoms. The first-order valence-corrected chi connectivity index (χ1v) is 10.3. The quantitative estimate of drug-likeness (QED) is 0.771. The second kappa shape index (κ2) is 8.63. The van der Waals surface area contributed by atoms with Crippen LogP contribution in [0.15, 0.2) is 47.6 Å². The number of nitrogens with one attached hydrogen (secondary N) is 1. The molecule has 2 aliphatic rings. The molecule has 1 saturated heterocycles. The Labute approximate surface area is 163 Å². The highest BCUT2D eigenvalue weighted by atomic mass is 32.2. The van der Waals surface area contributed by atoms with E-state index in [9.17, 15) is 4.79 Å². The maximum absolute atomic E-state index is 12.4. The van der Waals surface area contributed by atoms with E-state index in [1.165, 1.54) is 25.9 Å². The third-order valence-electron chi connectivity index (χ3n) is 4.66. The van der Waals surface area contributed by atoms with Gasteiger partial charge in [-0.15, -0.1) is 11.8 Å². The van der Waals surface area contributed by atoms with E-state index in [0.29, 0.717) is 17.2 Å². The van der Waals surface area contributed by atoms with Crippen molar-refractivity contribution < 1.29 is 14.3 Å². The van der Waals surface area contributed by atoms with E-state index in [2.05, 4.69) is 15.2 Å². The number of carbonyl (C=O) groups is 1. The summed E-state index contributed by atoms with van der Waals surface area (Å²) in [6, 6.07) is 11.2. The highest BCUT2D eigenvalue weighted by Crippen LogP contribution is 2.31. The number of fused-ring (bicyclic) bond motifs is 1. The molecule has 0 radical (unpaired) electrons. The average Bonchev–Trinajstić information content (AvgIpc) is 3.22. The fourth-order valence-corrected chi connectivity index (χ4v) is 4.05. The molecule has 1 unspecified atom stereocenters. The maximum Gasteiger partial charge on any atom is 0.269 e. The number of carbonyl (C=O) groups excluding carboxylic acids is 1. The lowest BCUT2D eigenvalue weighted by Crippen LogP contribution is -2.40. The van der Waals surface area contributed by atoms with Crippen molar-refractivity contribution in [2.45, 2.75) is 24.0 Å². The summed E-state index contributed by atoms with van der Waals surface area (Å²) >= 11 is 1.75. The second-order valence-corrected chi connectivity index (χ2v) is 7.75. The largest absolute Gasteiger partial charge is 0.485 e. The van der Waals surface area contributed by atoms with Crippen molar-refractivity contribution in [1.82, 2.24) is 9.88 Å². The number of rotatable bonds is 6. The molecule has 3 heterocycles. The Balaban J connectivity index is 1.26. The summed E-state index contributed by atoms with van der Waals surface area (Å²) in [5, 5.41) is 3.82. The molecular formula is C20H23N3O3S. The standard InChI is InChI=1S/C20H23N3O3S/c24-20(18-14-25-16-5-1-2-6-17(16)26-18)22-15-7-8-19(21-13-15)27-12-11-23-9-3-4-10-23/h1-2,5-8,13,18H,3-4,9-12,14H2,(H,22,24). The number of hydrogen-bond acceptors (Lipinski definition) is 6. The van der Waals surface area contributed by atoms with Gasteiger partial charge in [0.25, 0.3) is 5.91 Å². The number of thioether (sulfide) groups is 1. The van der Waals surface area contributed by atoms with Gasteiger partial charge in [0, 0.05) is 12.3 Å². The Hall–Kier alpha value is -2.25. The fraction of sp³-hybridized carbons (Fsp3) is 0.400. The molecule has 0 aliphatic carbocycles. The summed E-state index contributed by atoms with van der Waals surface area (Å²) in [6.45, 7) is 3.73. The van der Waals surface area contributed by atoms with Gasteiger partial charge in [0.15, 0.2) is 11.5 Å².